The molecule has 0 radical (unpaired) electrons. The maximum atomic E-state index is 4.97. The Morgan fingerprint density at radius 3 is 2.53 bits per heavy atom. The molecule has 2 aromatic heterocycles. The third-order valence-electron chi connectivity index (χ3n) is 5.60. The largest absolute Gasteiger partial charge is 0.312 e. The molecule has 0 bridgehead atoms. The maximum absolute atomic E-state index is 4.97. The quantitative estimate of drug-likeness (QED) is 0.438. The second kappa shape index (κ2) is 8.67. The van der Waals surface area contributed by atoms with Crippen molar-refractivity contribution in [1.82, 2.24) is 25.3 Å². The fourth-order valence-corrected chi connectivity index (χ4v) is 3.85. The highest BCUT2D eigenvalue weighted by Gasteiger charge is 2.13. The third-order valence-corrected chi connectivity index (χ3v) is 5.60. The minimum atomic E-state index is 0.769. The minimum absolute atomic E-state index is 0.769. The minimum Gasteiger partial charge on any atom is -0.312 e. The van der Waals surface area contributed by atoms with Gasteiger partial charge in [0.05, 0.1) is 17.1 Å². The summed E-state index contributed by atoms with van der Waals surface area (Å²) >= 11 is 0. The van der Waals surface area contributed by atoms with Crippen molar-refractivity contribution in [2.75, 3.05) is 6.54 Å². The van der Waals surface area contributed by atoms with Gasteiger partial charge in [0.2, 0.25) is 0 Å². The second-order valence-electron chi connectivity index (χ2n) is 7.94. The van der Waals surface area contributed by atoms with Gasteiger partial charge in [-0.05, 0) is 63.4 Å². The number of nitrogens with zero attached hydrogens (tertiary/aromatic N) is 3. The molecule has 4 aromatic rings. The van der Waals surface area contributed by atoms with E-state index in [4.69, 9.17) is 5.10 Å². The molecule has 2 aromatic carbocycles. The number of aromatic nitrogens is 4. The SMILES string of the molecule is Cc1ccc(C)c(-n2cc(CNCCc3c(C)n[nH]c3C)c(-c3ccccc3)n2)c1. The van der Waals surface area contributed by atoms with Gasteiger partial charge in [0, 0.05) is 29.6 Å². The molecule has 0 aliphatic rings. The predicted octanol–water partition coefficient (Wildman–Crippen LogP) is 4.83. The van der Waals surface area contributed by atoms with E-state index in [2.05, 4.69) is 91.9 Å². The molecule has 0 amide bonds. The van der Waals surface area contributed by atoms with E-state index in [0.29, 0.717) is 0 Å². The summed E-state index contributed by atoms with van der Waals surface area (Å²) in [7, 11) is 0. The van der Waals surface area contributed by atoms with Gasteiger partial charge in [0.1, 0.15) is 0 Å². The molecule has 2 N–H and O–H groups in total. The van der Waals surface area contributed by atoms with Crippen LogP contribution < -0.4 is 5.32 Å². The Kier molecular flexibility index (Phi) is 5.81. The van der Waals surface area contributed by atoms with Crippen LogP contribution >= 0.6 is 0 Å². The third kappa shape index (κ3) is 4.21. The van der Waals surface area contributed by atoms with E-state index in [1.54, 1.807) is 0 Å². The van der Waals surface area contributed by atoms with Gasteiger partial charge in [-0.3, -0.25) is 5.10 Å². The number of rotatable bonds is 7. The Morgan fingerprint density at radius 1 is 1.00 bits per heavy atom. The van der Waals surface area contributed by atoms with E-state index in [-0.39, 0.29) is 0 Å². The smallest absolute Gasteiger partial charge is 0.0972 e. The zero-order chi connectivity index (χ0) is 21.1. The van der Waals surface area contributed by atoms with Crippen LogP contribution in [0.4, 0.5) is 0 Å². The van der Waals surface area contributed by atoms with Gasteiger partial charge in [-0.15, -0.1) is 0 Å². The van der Waals surface area contributed by atoms with Crippen molar-refractivity contribution in [3.8, 4) is 16.9 Å². The second-order valence-corrected chi connectivity index (χ2v) is 7.94. The number of aromatic amines is 1. The number of hydrogen-bond acceptors (Lipinski definition) is 3. The van der Waals surface area contributed by atoms with Gasteiger partial charge >= 0.3 is 0 Å². The number of hydrogen-bond donors (Lipinski definition) is 2. The van der Waals surface area contributed by atoms with Gasteiger partial charge in [-0.2, -0.15) is 10.2 Å². The molecular weight excluding hydrogens is 370 g/mol. The van der Waals surface area contributed by atoms with Crippen LogP contribution in [0.1, 0.15) is 33.6 Å². The van der Waals surface area contributed by atoms with Crippen molar-refractivity contribution < 1.29 is 0 Å². The average molecular weight is 400 g/mol. The van der Waals surface area contributed by atoms with Crippen LogP contribution in [0.3, 0.4) is 0 Å². The summed E-state index contributed by atoms with van der Waals surface area (Å²) in [4.78, 5) is 0. The average Bonchev–Trinajstić information content (AvgIpc) is 3.31. The zero-order valence-electron chi connectivity index (χ0n) is 18.2. The molecule has 5 nitrogen and oxygen atoms in total. The van der Waals surface area contributed by atoms with E-state index in [9.17, 15) is 0 Å². The highest BCUT2D eigenvalue weighted by Crippen LogP contribution is 2.25. The first-order chi connectivity index (χ1) is 14.5. The molecule has 0 aliphatic heterocycles. The van der Waals surface area contributed by atoms with Crippen molar-refractivity contribution in [2.24, 2.45) is 0 Å². The lowest BCUT2D eigenvalue weighted by atomic mass is 10.1. The molecule has 0 fully saturated rings. The van der Waals surface area contributed by atoms with Gasteiger partial charge in [0.15, 0.2) is 0 Å². The molecule has 30 heavy (non-hydrogen) atoms. The molecule has 2 heterocycles. The molecule has 5 heteroatoms. The van der Waals surface area contributed by atoms with Crippen molar-refractivity contribution in [1.29, 1.82) is 0 Å². The highest BCUT2D eigenvalue weighted by atomic mass is 15.3. The van der Waals surface area contributed by atoms with Crippen LogP contribution in [-0.4, -0.2) is 26.5 Å². The molecule has 0 spiro atoms. The molecule has 0 unspecified atom stereocenters. The van der Waals surface area contributed by atoms with Crippen LogP contribution in [0, 0.1) is 27.7 Å². The van der Waals surface area contributed by atoms with E-state index in [1.165, 1.54) is 22.3 Å². The Balaban J connectivity index is 1.58. The van der Waals surface area contributed by atoms with Crippen molar-refractivity contribution in [3.05, 3.63) is 88.4 Å². The summed E-state index contributed by atoms with van der Waals surface area (Å²) in [5.74, 6) is 0. The summed E-state index contributed by atoms with van der Waals surface area (Å²) in [6.07, 6.45) is 3.12. The standard InChI is InChI=1S/C25H29N5/c1-17-10-11-18(2)24(14-17)30-16-22(25(29-30)21-8-6-5-7-9-21)15-26-13-12-23-19(3)27-28-20(23)4/h5-11,14,16,26H,12-13,15H2,1-4H3,(H,27,28). The summed E-state index contributed by atoms with van der Waals surface area (Å²) in [6.45, 7) is 10.0. The van der Waals surface area contributed by atoms with E-state index >= 15 is 0 Å². The molecule has 154 valence electrons. The van der Waals surface area contributed by atoms with E-state index in [1.807, 2.05) is 10.7 Å². The van der Waals surface area contributed by atoms with Crippen LogP contribution in [0.5, 0.6) is 0 Å². The first-order valence-electron chi connectivity index (χ1n) is 10.5. The van der Waals surface area contributed by atoms with Crippen molar-refractivity contribution in [2.45, 2.75) is 40.7 Å². The normalized spacial score (nSPS) is 11.2. The molecule has 0 atom stereocenters. The fourth-order valence-electron chi connectivity index (χ4n) is 3.85. The highest BCUT2D eigenvalue weighted by molar-refractivity contribution is 5.63. The summed E-state index contributed by atoms with van der Waals surface area (Å²) in [6, 6.07) is 16.9. The molecule has 0 saturated heterocycles. The van der Waals surface area contributed by atoms with Crippen LogP contribution in [0.25, 0.3) is 16.9 Å². The number of aryl methyl sites for hydroxylation is 4. The topological polar surface area (TPSA) is 58.5 Å². The summed E-state index contributed by atoms with van der Waals surface area (Å²) < 4.78 is 2.02. The lowest BCUT2D eigenvalue weighted by molar-refractivity contribution is 0.685. The number of H-pyrrole nitrogens is 1. The zero-order valence-corrected chi connectivity index (χ0v) is 18.2. The Bertz CT molecular complexity index is 1120. The first-order valence-corrected chi connectivity index (χ1v) is 10.5. The van der Waals surface area contributed by atoms with Crippen LogP contribution in [-0.2, 0) is 13.0 Å². The molecule has 0 saturated carbocycles. The summed E-state index contributed by atoms with van der Waals surface area (Å²) in [5, 5.41) is 15.9. The Hall–Kier alpha value is -3.18. The first kappa shape index (κ1) is 20.1. The number of benzene rings is 2. The van der Waals surface area contributed by atoms with Crippen LogP contribution in [0.15, 0.2) is 54.7 Å². The van der Waals surface area contributed by atoms with Gasteiger partial charge in [-0.1, -0.05) is 42.5 Å². The van der Waals surface area contributed by atoms with Gasteiger partial charge in [0.25, 0.3) is 0 Å². The summed E-state index contributed by atoms with van der Waals surface area (Å²) in [5.41, 5.74) is 10.5. The molecule has 4 rings (SSSR count). The Morgan fingerprint density at radius 2 is 1.80 bits per heavy atom. The number of nitrogens with one attached hydrogen (secondary N) is 2. The van der Waals surface area contributed by atoms with Crippen molar-refractivity contribution in [3.63, 3.8) is 0 Å². The van der Waals surface area contributed by atoms with Crippen LogP contribution in [0.2, 0.25) is 0 Å². The fraction of sp³-hybridized carbons (Fsp3) is 0.280. The van der Waals surface area contributed by atoms with Crippen molar-refractivity contribution >= 4 is 0 Å². The van der Waals surface area contributed by atoms with Gasteiger partial charge < -0.3 is 5.32 Å². The van der Waals surface area contributed by atoms with E-state index < -0.39 is 0 Å². The molecule has 0 aliphatic carbocycles. The van der Waals surface area contributed by atoms with E-state index in [0.717, 1.165) is 47.8 Å². The monoisotopic (exact) mass is 399 g/mol. The Labute approximate surface area is 178 Å². The molecular formula is C25H29N5. The maximum Gasteiger partial charge on any atom is 0.0972 e. The predicted molar refractivity (Wildman–Crippen MR) is 122 cm³/mol. The lowest BCUT2D eigenvalue weighted by Gasteiger charge is -2.07. The lowest BCUT2D eigenvalue weighted by Crippen LogP contribution is -2.17. The van der Waals surface area contributed by atoms with Gasteiger partial charge in [-0.25, -0.2) is 4.68 Å².